The predicted molar refractivity (Wildman–Crippen MR) is 95.4 cm³/mol. The van der Waals surface area contributed by atoms with Gasteiger partial charge < -0.3 is 11.1 Å². The first-order valence-corrected chi connectivity index (χ1v) is 7.66. The van der Waals surface area contributed by atoms with Gasteiger partial charge in [-0.3, -0.25) is 0 Å². The van der Waals surface area contributed by atoms with E-state index in [0.717, 1.165) is 25.9 Å². The van der Waals surface area contributed by atoms with Crippen molar-refractivity contribution in [3.05, 3.63) is 43.5 Å². The molecule has 2 aromatic carbocycles. The molecule has 1 atom stereocenters. The molecule has 0 heterocycles. The molecule has 0 amide bonds. The summed E-state index contributed by atoms with van der Waals surface area (Å²) < 4.78 is 2.33. The monoisotopic (exact) mass is 468 g/mol. The lowest BCUT2D eigenvalue weighted by atomic mass is 10.2. The lowest BCUT2D eigenvalue weighted by Crippen LogP contribution is -2.03. The van der Waals surface area contributed by atoms with E-state index in [1.165, 1.54) is 3.57 Å². The average Bonchev–Trinajstić information content (AvgIpc) is 2.22. The van der Waals surface area contributed by atoms with Crippen LogP contribution < -0.4 is 16.4 Å². The summed E-state index contributed by atoms with van der Waals surface area (Å²) in [5.74, 6) is 0. The van der Waals surface area contributed by atoms with E-state index < -0.39 is 0 Å². The summed E-state index contributed by atoms with van der Waals surface area (Å²) in [6, 6.07) is 12.2. The van der Waals surface area contributed by atoms with Crippen LogP contribution in [0.4, 0.5) is 17.1 Å². The number of anilines is 3. The molecule has 5 heteroatoms. The number of nitrogen functional groups attached to an aromatic ring is 1. The van der Waals surface area contributed by atoms with Gasteiger partial charge in [-0.05, 0) is 80.8 Å². The fourth-order valence-electron chi connectivity index (χ4n) is 1.48. The van der Waals surface area contributed by atoms with Crippen molar-refractivity contribution in [2.24, 2.45) is 0 Å². The number of benzene rings is 2. The Morgan fingerprint density at radius 3 is 2.47 bits per heavy atom. The van der Waals surface area contributed by atoms with Crippen LogP contribution in [0.2, 0.25) is 0 Å². The van der Waals surface area contributed by atoms with Crippen LogP contribution >= 0.6 is 54.4 Å². The summed E-state index contributed by atoms with van der Waals surface area (Å²) in [5.41, 5.74) is 8.70. The maximum Gasteiger partial charge on any atom is 0.0467 e. The van der Waals surface area contributed by atoms with Gasteiger partial charge in [0, 0.05) is 24.2 Å². The fourth-order valence-corrected chi connectivity index (χ4v) is 2.91. The maximum absolute atomic E-state index is 5.83. The third-order valence-corrected chi connectivity index (χ3v) is 4.01. The summed E-state index contributed by atoms with van der Waals surface area (Å²) in [6.45, 7) is 0. The Hall–Kier alpha value is -0.0700. The Labute approximate surface area is 130 Å². The van der Waals surface area contributed by atoms with Crippen molar-refractivity contribution < 1.29 is 0 Å². The van der Waals surface area contributed by atoms with E-state index in [4.69, 9.17) is 5.73 Å². The second-order valence-corrected chi connectivity index (χ2v) is 6.74. The van der Waals surface area contributed by atoms with Crippen molar-refractivity contribution in [3.8, 4) is 0 Å². The van der Waals surface area contributed by atoms with Crippen LogP contribution in [0.15, 0.2) is 36.4 Å². The van der Waals surface area contributed by atoms with Gasteiger partial charge in [0.2, 0.25) is 0 Å². The number of hydrogen-bond acceptors (Lipinski definition) is 2. The molecule has 0 radical (unpaired) electrons. The molecule has 0 bridgehead atoms. The zero-order valence-electron chi connectivity index (χ0n) is 8.87. The molecule has 0 aliphatic heterocycles. The second kappa shape index (κ2) is 5.71. The first-order chi connectivity index (χ1) is 8.04. The van der Waals surface area contributed by atoms with Crippen molar-refractivity contribution in [2.75, 3.05) is 11.1 Å². The molecule has 0 spiro atoms. The Balaban J connectivity index is 2.34. The largest absolute Gasteiger partial charge is 0.399 e. The van der Waals surface area contributed by atoms with Crippen LogP contribution in [0.25, 0.3) is 0 Å². The molecule has 0 saturated carbocycles. The molecule has 1 unspecified atom stereocenters. The molecular weight excluding hydrogens is 457 g/mol. The summed E-state index contributed by atoms with van der Waals surface area (Å²) in [4.78, 5) is 0. The van der Waals surface area contributed by atoms with Crippen molar-refractivity contribution >= 4 is 76.8 Å². The first-order valence-electron chi connectivity index (χ1n) is 4.93. The van der Waals surface area contributed by atoms with Crippen LogP contribution in [0.3, 0.4) is 0 Å². The van der Waals surface area contributed by atoms with E-state index in [1.54, 1.807) is 0 Å². The molecule has 2 nitrogen and oxygen atoms in total. The molecule has 17 heavy (non-hydrogen) atoms. The minimum Gasteiger partial charge on any atom is -0.399 e. The van der Waals surface area contributed by atoms with Crippen LogP contribution in [-0.2, 0) is 0 Å². The maximum atomic E-state index is 5.83. The van der Waals surface area contributed by atoms with Gasteiger partial charge in [0.05, 0.1) is 0 Å². The lowest BCUT2D eigenvalue weighted by molar-refractivity contribution is 1.54. The molecule has 2 aromatic rings. The average molecular weight is 468 g/mol. The summed E-state index contributed by atoms with van der Waals surface area (Å²) in [5, 5.41) is 4.53. The zero-order valence-corrected chi connectivity index (χ0v) is 14.3. The van der Waals surface area contributed by atoms with E-state index >= 15 is 0 Å². The number of nitrogens with one attached hydrogen (secondary N) is 1. The van der Waals surface area contributed by atoms with Gasteiger partial charge in [-0.1, -0.05) is 6.07 Å². The van der Waals surface area contributed by atoms with Gasteiger partial charge in [0.15, 0.2) is 0 Å². The Morgan fingerprint density at radius 1 is 1.00 bits per heavy atom. The molecule has 88 valence electrons. The van der Waals surface area contributed by atoms with Crippen LogP contribution in [0, 0.1) is 7.14 Å². The molecular formula is C12H11I2N2P. The molecule has 0 fully saturated rings. The number of rotatable bonds is 2. The van der Waals surface area contributed by atoms with E-state index in [-0.39, 0.29) is 0 Å². The number of nitrogens with two attached hydrogens (primary N) is 1. The second-order valence-electron chi connectivity index (χ2n) is 3.63. The first kappa shape index (κ1) is 13.4. The minimum absolute atomic E-state index is 0.773. The molecule has 0 saturated heterocycles. The fraction of sp³-hybridized carbons (Fsp3) is 0. The summed E-state index contributed by atoms with van der Waals surface area (Å²) in [6.07, 6.45) is 0. The highest BCUT2D eigenvalue weighted by atomic mass is 127. The molecule has 3 N–H and O–H groups in total. The normalized spacial score (nSPS) is 10.3. The zero-order chi connectivity index (χ0) is 12.4. The van der Waals surface area contributed by atoms with Crippen LogP contribution in [0.5, 0.6) is 0 Å². The van der Waals surface area contributed by atoms with Crippen LogP contribution in [-0.4, -0.2) is 0 Å². The highest BCUT2D eigenvalue weighted by Gasteiger charge is 2.02. The van der Waals surface area contributed by atoms with E-state index in [1.807, 2.05) is 12.1 Å². The number of hydrogen-bond donors (Lipinski definition) is 2. The quantitative estimate of drug-likeness (QED) is 0.401. The minimum atomic E-state index is 0.773. The Kier molecular flexibility index (Phi) is 4.49. The SMILES string of the molecule is Nc1cc(I)cc(Nc2cc(I)ccc2P)c1. The third-order valence-electron chi connectivity index (χ3n) is 2.21. The van der Waals surface area contributed by atoms with Gasteiger partial charge in [-0.2, -0.15) is 0 Å². The van der Waals surface area contributed by atoms with E-state index in [0.29, 0.717) is 0 Å². The molecule has 0 aliphatic rings. The Morgan fingerprint density at radius 2 is 1.76 bits per heavy atom. The third kappa shape index (κ3) is 3.69. The highest BCUT2D eigenvalue weighted by molar-refractivity contribution is 14.1. The van der Waals surface area contributed by atoms with Crippen molar-refractivity contribution in [1.82, 2.24) is 0 Å². The smallest absolute Gasteiger partial charge is 0.0467 e. The Bertz CT molecular complexity index is 538. The molecule has 2 rings (SSSR count). The standard InChI is InChI=1S/C12H11I2N2P/c13-7-1-2-12(17)11(5-7)16-10-4-8(14)3-9(15)6-10/h1-6,16H,15,17H2. The lowest BCUT2D eigenvalue weighted by Gasteiger charge is -2.11. The van der Waals surface area contributed by atoms with E-state index in [9.17, 15) is 0 Å². The highest BCUT2D eigenvalue weighted by Crippen LogP contribution is 2.23. The predicted octanol–water partition coefficient (Wildman–Crippen LogP) is 3.72. The van der Waals surface area contributed by atoms with Gasteiger partial charge in [-0.15, -0.1) is 9.24 Å². The van der Waals surface area contributed by atoms with Crippen molar-refractivity contribution in [1.29, 1.82) is 0 Å². The van der Waals surface area contributed by atoms with Gasteiger partial charge >= 0.3 is 0 Å². The molecule has 0 aromatic heterocycles. The summed E-state index contributed by atoms with van der Waals surface area (Å²) in [7, 11) is 2.73. The van der Waals surface area contributed by atoms with Gasteiger partial charge in [0.25, 0.3) is 0 Å². The van der Waals surface area contributed by atoms with Gasteiger partial charge in [0.1, 0.15) is 0 Å². The molecule has 0 aliphatic carbocycles. The van der Waals surface area contributed by atoms with Gasteiger partial charge in [-0.25, -0.2) is 0 Å². The van der Waals surface area contributed by atoms with Crippen molar-refractivity contribution in [3.63, 3.8) is 0 Å². The number of halogens is 2. The van der Waals surface area contributed by atoms with Crippen molar-refractivity contribution in [2.45, 2.75) is 0 Å². The van der Waals surface area contributed by atoms with E-state index in [2.05, 4.69) is 84.0 Å². The summed E-state index contributed by atoms with van der Waals surface area (Å²) >= 11 is 4.57. The van der Waals surface area contributed by atoms with Crippen LogP contribution in [0.1, 0.15) is 0 Å². The topological polar surface area (TPSA) is 38.0 Å².